The summed E-state index contributed by atoms with van der Waals surface area (Å²) in [5.74, 6) is -4.37. The molecule has 3 atom stereocenters. The predicted octanol–water partition coefficient (Wildman–Crippen LogP) is -1.28. The Hall–Kier alpha value is -3.51. The zero-order valence-electron chi connectivity index (χ0n) is 18.9. The number of rotatable bonds is 16. The minimum absolute atomic E-state index is 0.0968. The third-order valence-electron chi connectivity index (χ3n) is 4.92. The van der Waals surface area contributed by atoms with Crippen LogP contribution in [0.1, 0.15) is 37.7 Å². The molecular weight excluding hydrogens is 446 g/mol. The Morgan fingerprint density at radius 1 is 0.824 bits per heavy atom. The third kappa shape index (κ3) is 11.4. The summed E-state index contributed by atoms with van der Waals surface area (Å²) in [6.07, 6.45) is 1.01. The largest absolute Gasteiger partial charge is 0.481 e. The van der Waals surface area contributed by atoms with Gasteiger partial charge in [-0.1, -0.05) is 30.3 Å². The molecule has 9 N–H and O–H groups in total. The minimum atomic E-state index is -1.24. The van der Waals surface area contributed by atoms with Gasteiger partial charge in [-0.25, -0.2) is 0 Å². The van der Waals surface area contributed by atoms with E-state index in [-0.39, 0.29) is 25.7 Å². The lowest BCUT2D eigenvalue weighted by Crippen LogP contribution is -2.56. The number of nitrogens with one attached hydrogen (secondary N) is 3. The summed E-state index contributed by atoms with van der Waals surface area (Å²) in [7, 11) is 0. The first kappa shape index (κ1) is 28.5. The molecule has 0 saturated carbocycles. The molecule has 12 heteroatoms. The van der Waals surface area contributed by atoms with E-state index in [1.807, 2.05) is 0 Å². The van der Waals surface area contributed by atoms with Gasteiger partial charge < -0.3 is 37.6 Å². The lowest BCUT2D eigenvalue weighted by Gasteiger charge is -2.24. The van der Waals surface area contributed by atoms with Crippen LogP contribution < -0.4 is 27.4 Å². The van der Waals surface area contributed by atoms with Crippen LogP contribution in [0.3, 0.4) is 0 Å². The van der Waals surface area contributed by atoms with E-state index < -0.39 is 54.3 Å². The van der Waals surface area contributed by atoms with Gasteiger partial charge in [-0.3, -0.25) is 24.0 Å². The minimum Gasteiger partial charge on any atom is -0.481 e. The number of hydrogen-bond acceptors (Lipinski definition) is 7. The van der Waals surface area contributed by atoms with Gasteiger partial charge in [0.15, 0.2) is 0 Å². The average molecular weight is 480 g/mol. The van der Waals surface area contributed by atoms with Gasteiger partial charge in [-0.2, -0.15) is 0 Å². The molecule has 188 valence electrons. The molecule has 0 spiro atoms. The van der Waals surface area contributed by atoms with E-state index >= 15 is 0 Å². The van der Waals surface area contributed by atoms with Gasteiger partial charge in [-0.15, -0.1) is 0 Å². The van der Waals surface area contributed by atoms with Crippen LogP contribution in [0.15, 0.2) is 30.3 Å². The zero-order chi connectivity index (χ0) is 25.5. The van der Waals surface area contributed by atoms with E-state index in [1.165, 1.54) is 0 Å². The number of carbonyl (C=O) groups excluding carboxylic acids is 3. The quantitative estimate of drug-likeness (QED) is 0.140. The summed E-state index contributed by atoms with van der Waals surface area (Å²) in [5.41, 5.74) is 12.0. The number of carboxylic acids is 2. The fourth-order valence-corrected chi connectivity index (χ4v) is 3.07. The number of carboxylic acid groups (broad SMARTS) is 2. The van der Waals surface area contributed by atoms with Crippen molar-refractivity contribution in [1.82, 2.24) is 16.0 Å². The van der Waals surface area contributed by atoms with Crippen molar-refractivity contribution in [3.63, 3.8) is 0 Å². The van der Waals surface area contributed by atoms with Crippen molar-refractivity contribution in [2.24, 2.45) is 11.5 Å². The highest BCUT2D eigenvalue weighted by molar-refractivity contribution is 5.93. The summed E-state index contributed by atoms with van der Waals surface area (Å²) in [6, 6.07) is 5.56. The van der Waals surface area contributed by atoms with E-state index in [1.54, 1.807) is 30.3 Å². The molecule has 0 aliphatic heterocycles. The molecule has 1 rings (SSSR count). The second kappa shape index (κ2) is 15.3. The van der Waals surface area contributed by atoms with Crippen molar-refractivity contribution < 1.29 is 34.2 Å². The Bertz CT molecular complexity index is 834. The number of aliphatic carboxylic acids is 2. The number of hydrogen-bond donors (Lipinski definition) is 7. The van der Waals surface area contributed by atoms with Crippen LogP contribution in [0.25, 0.3) is 0 Å². The Labute approximate surface area is 197 Å². The highest BCUT2D eigenvalue weighted by atomic mass is 16.4. The van der Waals surface area contributed by atoms with Gasteiger partial charge in [-0.05, 0) is 37.8 Å². The first-order valence-corrected chi connectivity index (χ1v) is 11.0. The topological polar surface area (TPSA) is 214 Å². The monoisotopic (exact) mass is 479 g/mol. The van der Waals surface area contributed by atoms with Crippen LogP contribution in [-0.4, -0.2) is 71.1 Å². The molecule has 0 aromatic heterocycles. The number of amides is 3. The summed E-state index contributed by atoms with van der Waals surface area (Å²) in [4.78, 5) is 59.6. The van der Waals surface area contributed by atoms with Crippen LogP contribution in [-0.2, 0) is 30.4 Å². The van der Waals surface area contributed by atoms with Gasteiger partial charge in [0, 0.05) is 12.8 Å². The van der Waals surface area contributed by atoms with E-state index in [0.29, 0.717) is 19.4 Å². The summed E-state index contributed by atoms with van der Waals surface area (Å²) in [6.45, 7) is -0.232. The van der Waals surface area contributed by atoms with Gasteiger partial charge in [0.05, 0.1) is 6.04 Å². The number of benzene rings is 1. The lowest BCUT2D eigenvalue weighted by molar-refractivity contribution is -0.139. The number of nitrogens with two attached hydrogens (primary N) is 2. The first-order valence-electron chi connectivity index (χ1n) is 11.0. The van der Waals surface area contributed by atoms with Crippen LogP contribution in [0.5, 0.6) is 0 Å². The van der Waals surface area contributed by atoms with Crippen LogP contribution >= 0.6 is 0 Å². The Kier molecular flexibility index (Phi) is 12.9. The molecule has 0 aliphatic rings. The number of carbonyl (C=O) groups is 5. The van der Waals surface area contributed by atoms with Crippen molar-refractivity contribution in [2.75, 3.05) is 13.1 Å². The molecular formula is C22H33N5O7. The molecule has 3 unspecified atom stereocenters. The Balaban J connectivity index is 2.95. The predicted molar refractivity (Wildman–Crippen MR) is 122 cm³/mol. The zero-order valence-corrected chi connectivity index (χ0v) is 18.9. The van der Waals surface area contributed by atoms with Crippen LogP contribution in [0, 0.1) is 0 Å². The third-order valence-corrected chi connectivity index (χ3v) is 4.92. The van der Waals surface area contributed by atoms with Crippen molar-refractivity contribution >= 4 is 29.7 Å². The first-order chi connectivity index (χ1) is 16.1. The molecule has 0 bridgehead atoms. The summed E-state index contributed by atoms with van der Waals surface area (Å²) < 4.78 is 0. The number of unbranched alkanes of at least 4 members (excludes halogenated alkanes) is 1. The highest BCUT2D eigenvalue weighted by Crippen LogP contribution is 2.07. The van der Waals surface area contributed by atoms with Gasteiger partial charge in [0.1, 0.15) is 18.6 Å². The van der Waals surface area contributed by atoms with Gasteiger partial charge in [0.2, 0.25) is 17.7 Å². The molecule has 34 heavy (non-hydrogen) atoms. The second-order valence-corrected chi connectivity index (χ2v) is 7.75. The fourth-order valence-electron chi connectivity index (χ4n) is 3.07. The van der Waals surface area contributed by atoms with Crippen LogP contribution in [0.4, 0.5) is 0 Å². The maximum atomic E-state index is 13.0. The molecule has 3 amide bonds. The van der Waals surface area contributed by atoms with Gasteiger partial charge >= 0.3 is 11.9 Å². The second-order valence-electron chi connectivity index (χ2n) is 7.75. The van der Waals surface area contributed by atoms with Crippen molar-refractivity contribution in [2.45, 2.75) is 56.7 Å². The lowest BCUT2D eigenvalue weighted by atomic mass is 10.0. The normalized spacial score (nSPS) is 13.2. The molecule has 0 aliphatic carbocycles. The molecule has 1 aromatic carbocycles. The maximum Gasteiger partial charge on any atom is 0.322 e. The molecule has 0 saturated heterocycles. The van der Waals surface area contributed by atoms with E-state index in [0.717, 1.165) is 5.56 Å². The standard InChI is InChI=1S/C22H33N5O7/c23-11-5-4-8-16(26-20(32)15(24)9-10-18(28)29)22(34)27-17(21(33)25-13-19(30)31)12-14-6-2-1-3-7-14/h1-3,6-7,15-17H,4-5,8-13,23-24H2,(H,25,33)(H,26,32)(H,27,34)(H,28,29)(H,30,31). The van der Waals surface area contributed by atoms with E-state index in [9.17, 15) is 24.0 Å². The van der Waals surface area contributed by atoms with E-state index in [4.69, 9.17) is 21.7 Å². The fraction of sp³-hybridized carbons (Fsp3) is 0.500. The molecule has 0 radical (unpaired) electrons. The van der Waals surface area contributed by atoms with Gasteiger partial charge in [0.25, 0.3) is 0 Å². The molecule has 0 heterocycles. The van der Waals surface area contributed by atoms with Crippen molar-refractivity contribution in [1.29, 1.82) is 0 Å². The van der Waals surface area contributed by atoms with Crippen molar-refractivity contribution in [3.05, 3.63) is 35.9 Å². The molecule has 12 nitrogen and oxygen atoms in total. The summed E-state index contributed by atoms with van der Waals surface area (Å²) >= 11 is 0. The molecule has 0 fully saturated rings. The van der Waals surface area contributed by atoms with Crippen LogP contribution in [0.2, 0.25) is 0 Å². The van der Waals surface area contributed by atoms with E-state index in [2.05, 4.69) is 16.0 Å². The van der Waals surface area contributed by atoms with Crippen molar-refractivity contribution in [3.8, 4) is 0 Å². The molecule has 1 aromatic rings. The Morgan fingerprint density at radius 3 is 2.06 bits per heavy atom. The Morgan fingerprint density at radius 2 is 1.47 bits per heavy atom. The highest BCUT2D eigenvalue weighted by Gasteiger charge is 2.28. The maximum absolute atomic E-state index is 13.0. The smallest absolute Gasteiger partial charge is 0.322 e. The SMILES string of the molecule is NCCCCC(NC(=O)C(N)CCC(=O)O)C(=O)NC(Cc1ccccc1)C(=O)NCC(=O)O. The average Bonchev–Trinajstić information content (AvgIpc) is 2.80. The summed E-state index contributed by atoms with van der Waals surface area (Å²) in [5, 5.41) is 25.0.